The van der Waals surface area contributed by atoms with Gasteiger partial charge in [0.2, 0.25) is 0 Å². The molecular formula is C68H34N4S4. The molecule has 0 atom stereocenters. The van der Waals surface area contributed by atoms with E-state index in [1.165, 1.54) is 50.4 Å². The number of nitriles is 2. The Morgan fingerprint density at radius 3 is 1.07 bits per heavy atom. The number of benzene rings is 11. The molecule has 0 fully saturated rings. The van der Waals surface area contributed by atoms with Crippen molar-refractivity contribution in [2.45, 2.75) is 0 Å². The molecule has 0 amide bonds. The number of thiophene rings is 4. The van der Waals surface area contributed by atoms with Crippen molar-refractivity contribution in [3.63, 3.8) is 0 Å². The highest BCUT2D eigenvalue weighted by molar-refractivity contribution is 7.27. The van der Waals surface area contributed by atoms with E-state index in [1.54, 1.807) is 45.3 Å². The van der Waals surface area contributed by atoms with Crippen LogP contribution in [0.15, 0.2) is 206 Å². The van der Waals surface area contributed by atoms with Gasteiger partial charge in [0.05, 0.1) is 54.0 Å². The molecule has 11 aromatic carbocycles. The smallest absolute Gasteiger partial charge is 0.102 e. The number of nitrogens with zero attached hydrogens (tertiary/aromatic N) is 4. The maximum atomic E-state index is 12.5. The van der Waals surface area contributed by atoms with E-state index in [4.69, 9.17) is 0 Å². The number of hydrogen-bond donors (Lipinski definition) is 0. The van der Waals surface area contributed by atoms with Crippen LogP contribution in [0.1, 0.15) is 11.1 Å². The van der Waals surface area contributed by atoms with Gasteiger partial charge in [0.25, 0.3) is 0 Å². The molecule has 0 aliphatic carbocycles. The van der Waals surface area contributed by atoms with Gasteiger partial charge in [-0.3, -0.25) is 0 Å². The van der Waals surface area contributed by atoms with E-state index in [0.717, 1.165) is 102 Å². The fraction of sp³-hybridized carbons (Fsp3) is 0. The quantitative estimate of drug-likeness (QED) is 0.176. The van der Waals surface area contributed by atoms with Gasteiger partial charge < -0.3 is 9.13 Å². The second kappa shape index (κ2) is 15.7. The third-order valence-electron chi connectivity index (χ3n) is 15.8. The van der Waals surface area contributed by atoms with Crippen molar-refractivity contribution >= 4 is 170 Å². The highest BCUT2D eigenvalue weighted by atomic mass is 32.1. The van der Waals surface area contributed by atoms with Crippen molar-refractivity contribution < 1.29 is 0 Å². The molecule has 8 heteroatoms. The third-order valence-corrected chi connectivity index (χ3v) is 20.5. The number of fused-ring (bicyclic) bond motifs is 20. The summed E-state index contributed by atoms with van der Waals surface area (Å²) in [5, 5.41) is 38.6. The number of aromatic nitrogens is 2. The Hall–Kier alpha value is -9.12. The molecule has 17 rings (SSSR count). The summed E-state index contributed by atoms with van der Waals surface area (Å²) < 4.78 is 14.2. The van der Waals surface area contributed by atoms with Crippen LogP contribution in [0.3, 0.4) is 0 Å². The van der Waals surface area contributed by atoms with Crippen molar-refractivity contribution in [1.82, 2.24) is 9.13 Å². The molecule has 0 radical (unpaired) electrons. The van der Waals surface area contributed by atoms with Crippen LogP contribution >= 0.6 is 45.3 Å². The molecule has 0 bridgehead atoms. The zero-order valence-corrected chi connectivity index (χ0v) is 43.3. The van der Waals surface area contributed by atoms with Crippen LogP contribution in [0.2, 0.25) is 0 Å². The molecule has 0 saturated heterocycles. The molecule has 0 unspecified atom stereocenters. The topological polar surface area (TPSA) is 57.4 Å². The van der Waals surface area contributed by atoms with Crippen molar-refractivity contribution in [2.75, 3.05) is 0 Å². The van der Waals surface area contributed by atoms with E-state index in [-0.39, 0.29) is 0 Å². The van der Waals surface area contributed by atoms with E-state index in [2.05, 4.69) is 228 Å². The minimum absolute atomic E-state index is 0.443. The van der Waals surface area contributed by atoms with E-state index < -0.39 is 0 Å². The lowest BCUT2D eigenvalue weighted by molar-refractivity contribution is 1.13. The third kappa shape index (κ3) is 5.63. The fourth-order valence-corrected chi connectivity index (χ4v) is 17.3. The molecule has 6 heterocycles. The normalized spacial score (nSPS) is 12.2. The average molecular weight is 1040 g/mol. The monoisotopic (exact) mass is 1030 g/mol. The van der Waals surface area contributed by atoms with E-state index >= 15 is 0 Å². The van der Waals surface area contributed by atoms with Crippen molar-refractivity contribution in [1.29, 1.82) is 10.5 Å². The zero-order valence-electron chi connectivity index (χ0n) is 40.1. The van der Waals surface area contributed by atoms with Crippen molar-refractivity contribution in [3.05, 3.63) is 217 Å². The lowest BCUT2D eigenvalue weighted by Crippen LogP contribution is -2.11. The Bertz CT molecular complexity index is 5300. The predicted octanol–water partition coefficient (Wildman–Crippen LogP) is 20.4. The molecule has 0 N–H and O–H groups in total. The molecule has 17 aromatic rings. The van der Waals surface area contributed by atoms with Crippen LogP contribution in [-0.2, 0) is 0 Å². The highest BCUT2D eigenvalue weighted by Gasteiger charge is 2.33. The fourth-order valence-electron chi connectivity index (χ4n) is 12.6. The summed E-state index contributed by atoms with van der Waals surface area (Å²) in [7, 11) is 0. The highest BCUT2D eigenvalue weighted by Crippen LogP contribution is 2.53. The Morgan fingerprint density at radius 1 is 0.289 bits per heavy atom. The Kier molecular flexibility index (Phi) is 8.73. The van der Waals surface area contributed by atoms with Gasteiger partial charge in [0.15, 0.2) is 0 Å². The van der Waals surface area contributed by atoms with Gasteiger partial charge >= 0.3 is 0 Å². The first kappa shape index (κ1) is 42.3. The van der Waals surface area contributed by atoms with Crippen LogP contribution in [0.5, 0.6) is 0 Å². The molecule has 4 nitrogen and oxygen atoms in total. The summed E-state index contributed by atoms with van der Waals surface area (Å²) >= 11 is 7.15. The van der Waals surface area contributed by atoms with Crippen molar-refractivity contribution in [2.24, 2.45) is 0 Å². The molecule has 76 heavy (non-hydrogen) atoms. The van der Waals surface area contributed by atoms with Crippen LogP contribution in [-0.4, -0.2) is 9.13 Å². The first-order valence-corrected chi connectivity index (χ1v) is 28.4. The first-order chi connectivity index (χ1) is 37.6. The maximum Gasteiger partial charge on any atom is 0.102 e. The molecule has 0 aliphatic heterocycles. The largest absolute Gasteiger partial charge is 0.306 e. The minimum atomic E-state index is 0.443. The van der Waals surface area contributed by atoms with Gasteiger partial charge in [-0.25, -0.2) is 0 Å². The van der Waals surface area contributed by atoms with Crippen LogP contribution in [0.4, 0.5) is 0 Å². The summed E-state index contributed by atoms with van der Waals surface area (Å²) in [6, 6.07) is 80.1. The average Bonchev–Trinajstić information content (AvgIpc) is 4.44. The van der Waals surface area contributed by atoms with E-state index in [0.29, 0.717) is 16.7 Å². The van der Waals surface area contributed by atoms with Crippen molar-refractivity contribution in [3.8, 4) is 45.8 Å². The second-order valence-electron chi connectivity index (χ2n) is 19.6. The molecule has 0 saturated carbocycles. The SMILES string of the molecule is N#Cc1c(-c2ccc3sc4ccccc4c3c2)c(C#N)c(-n2c3ccccc3c3ccc4c5ccccc5sc4c32)c(-c2ccc3sc4ccccc4c3c2)c1-n1c2ccccc2c2ccc3c4ccccc4sc3c21. The Morgan fingerprint density at radius 2 is 0.632 bits per heavy atom. The first-order valence-electron chi connectivity index (χ1n) is 25.2. The van der Waals surface area contributed by atoms with E-state index in [9.17, 15) is 10.5 Å². The minimum Gasteiger partial charge on any atom is -0.306 e. The van der Waals surface area contributed by atoms with Crippen LogP contribution in [0.25, 0.3) is 158 Å². The molecule has 350 valence electrons. The van der Waals surface area contributed by atoms with Gasteiger partial charge in [-0.05, 0) is 71.8 Å². The maximum absolute atomic E-state index is 12.5. The second-order valence-corrected chi connectivity index (χ2v) is 23.9. The van der Waals surface area contributed by atoms with Gasteiger partial charge in [-0.1, -0.05) is 146 Å². The molecule has 0 aliphatic rings. The summed E-state index contributed by atoms with van der Waals surface area (Å²) in [5.74, 6) is 0. The molecule has 6 aromatic heterocycles. The van der Waals surface area contributed by atoms with Crippen LogP contribution < -0.4 is 0 Å². The zero-order chi connectivity index (χ0) is 49.9. The Balaban J connectivity index is 1.17. The van der Waals surface area contributed by atoms with Crippen LogP contribution in [0, 0.1) is 22.7 Å². The van der Waals surface area contributed by atoms with Gasteiger partial charge in [-0.15, -0.1) is 45.3 Å². The van der Waals surface area contributed by atoms with Gasteiger partial charge in [0, 0.05) is 104 Å². The lowest BCUT2D eigenvalue weighted by Gasteiger charge is -2.26. The number of hydrogen-bond acceptors (Lipinski definition) is 6. The number of rotatable bonds is 4. The molecular weight excluding hydrogens is 1000 g/mol. The van der Waals surface area contributed by atoms with Gasteiger partial charge in [0.1, 0.15) is 12.1 Å². The molecule has 0 spiro atoms. The summed E-state index contributed by atoms with van der Waals surface area (Å²) in [5.41, 5.74) is 9.58. The summed E-state index contributed by atoms with van der Waals surface area (Å²) in [6.45, 7) is 0. The standard InChI is InChI=1S/C68H34N4S4/c69-35-51-61(37-25-31-59-49(33-37)43-17-5-9-21-55(43)73-59)52(36-70)64(72-54-20-8-2-14-40(54)46-28-30-48-42-16-4-12-24-58(42)76-68(48)66(46)72)62(38-26-32-60-50(34-38)44-18-6-10-22-56(44)74-60)63(51)71-53-19-7-1-13-39(53)45-27-29-47-41-15-3-11-23-57(41)75-67(47)65(45)71/h1-34H. The summed E-state index contributed by atoms with van der Waals surface area (Å²) in [4.78, 5) is 0. The summed E-state index contributed by atoms with van der Waals surface area (Å²) in [6.07, 6.45) is 0. The van der Waals surface area contributed by atoms with Gasteiger partial charge in [-0.2, -0.15) is 10.5 Å². The predicted molar refractivity (Wildman–Crippen MR) is 327 cm³/mol. The van der Waals surface area contributed by atoms with E-state index in [1.807, 2.05) is 0 Å². The Labute approximate surface area is 449 Å². The number of para-hydroxylation sites is 2. The lowest BCUT2D eigenvalue weighted by atomic mass is 9.85.